The topological polar surface area (TPSA) is 58.2 Å². The van der Waals surface area contributed by atoms with Crippen LogP contribution in [-0.2, 0) is 10.0 Å². The number of hydrogen-bond acceptors (Lipinski definition) is 3. The lowest BCUT2D eigenvalue weighted by Gasteiger charge is -2.29. The van der Waals surface area contributed by atoms with Gasteiger partial charge in [-0.05, 0) is 38.6 Å². The third-order valence-corrected chi connectivity index (χ3v) is 5.46. The fraction of sp³-hybridized carbons (Fsp3) is 1.00. The van der Waals surface area contributed by atoms with Gasteiger partial charge in [-0.2, -0.15) is 0 Å². The molecule has 4 nitrogen and oxygen atoms in total. The molecule has 1 heterocycles. The third kappa shape index (κ3) is 4.23. The lowest BCUT2D eigenvalue weighted by Crippen LogP contribution is -2.47. The van der Waals surface area contributed by atoms with Crippen molar-refractivity contribution >= 4 is 10.0 Å². The van der Waals surface area contributed by atoms with Gasteiger partial charge in [0.05, 0.1) is 5.75 Å². The van der Waals surface area contributed by atoms with Gasteiger partial charge in [0.2, 0.25) is 10.0 Å². The smallest absolute Gasteiger partial charge is 0.211 e. The van der Waals surface area contributed by atoms with Crippen LogP contribution in [0.3, 0.4) is 0 Å². The summed E-state index contributed by atoms with van der Waals surface area (Å²) in [6.45, 7) is 3.02. The second kappa shape index (κ2) is 5.67. The molecule has 2 aliphatic rings. The average molecular weight is 260 g/mol. The molecule has 0 aromatic carbocycles. The van der Waals surface area contributed by atoms with Crippen LogP contribution in [0.1, 0.15) is 45.4 Å². The zero-order chi connectivity index (χ0) is 12.3. The lowest BCUT2D eigenvalue weighted by molar-refractivity contribution is 0.306. The number of nitrogens with one attached hydrogen (secondary N) is 2. The Morgan fingerprint density at radius 3 is 2.65 bits per heavy atom. The van der Waals surface area contributed by atoms with Gasteiger partial charge >= 0.3 is 0 Å². The maximum atomic E-state index is 11.9. The second-order valence-electron chi connectivity index (χ2n) is 5.60. The molecule has 2 fully saturated rings. The molecular formula is C12H24N2O2S. The molecule has 1 saturated heterocycles. The SMILES string of the molecule is CC1CC(NS(=O)(=O)CCC2CCC2)CCN1. The van der Waals surface area contributed by atoms with Crippen molar-refractivity contribution in [1.29, 1.82) is 0 Å². The molecule has 0 radical (unpaired) electrons. The van der Waals surface area contributed by atoms with Gasteiger partial charge in [0.15, 0.2) is 0 Å². The molecule has 17 heavy (non-hydrogen) atoms. The second-order valence-corrected chi connectivity index (χ2v) is 7.47. The van der Waals surface area contributed by atoms with Crippen LogP contribution in [0.4, 0.5) is 0 Å². The normalized spacial score (nSPS) is 31.1. The molecule has 1 saturated carbocycles. The maximum absolute atomic E-state index is 11.9. The zero-order valence-corrected chi connectivity index (χ0v) is 11.4. The maximum Gasteiger partial charge on any atom is 0.211 e. The summed E-state index contributed by atoms with van der Waals surface area (Å²) in [5.41, 5.74) is 0. The minimum absolute atomic E-state index is 0.137. The number of rotatable bonds is 5. The van der Waals surface area contributed by atoms with Crippen molar-refractivity contribution < 1.29 is 8.42 Å². The first kappa shape index (κ1) is 13.3. The monoisotopic (exact) mass is 260 g/mol. The fourth-order valence-electron chi connectivity index (χ4n) is 2.66. The van der Waals surface area contributed by atoms with Crippen molar-refractivity contribution in [3.05, 3.63) is 0 Å². The van der Waals surface area contributed by atoms with E-state index in [1.54, 1.807) is 0 Å². The Kier molecular flexibility index (Phi) is 4.44. The van der Waals surface area contributed by atoms with E-state index in [-0.39, 0.29) is 6.04 Å². The minimum atomic E-state index is -3.05. The predicted octanol–water partition coefficient (Wildman–Crippen LogP) is 1.24. The van der Waals surface area contributed by atoms with Crippen LogP contribution in [-0.4, -0.2) is 32.8 Å². The van der Waals surface area contributed by atoms with Gasteiger partial charge < -0.3 is 5.32 Å². The molecule has 0 aromatic heterocycles. The highest BCUT2D eigenvalue weighted by Crippen LogP contribution is 2.29. The van der Waals surface area contributed by atoms with Crippen LogP contribution in [0.25, 0.3) is 0 Å². The summed E-state index contributed by atoms with van der Waals surface area (Å²) in [6.07, 6.45) is 6.38. The molecule has 0 spiro atoms. The molecule has 1 aliphatic carbocycles. The molecule has 2 N–H and O–H groups in total. The van der Waals surface area contributed by atoms with Gasteiger partial charge in [-0.3, -0.25) is 0 Å². The Bertz CT molecular complexity index is 338. The Morgan fingerprint density at radius 1 is 1.29 bits per heavy atom. The zero-order valence-electron chi connectivity index (χ0n) is 10.6. The van der Waals surface area contributed by atoms with Crippen molar-refractivity contribution in [3.63, 3.8) is 0 Å². The molecule has 100 valence electrons. The van der Waals surface area contributed by atoms with Gasteiger partial charge in [0.25, 0.3) is 0 Å². The van der Waals surface area contributed by atoms with Gasteiger partial charge in [-0.15, -0.1) is 0 Å². The first-order valence-corrected chi connectivity index (χ1v) is 8.44. The van der Waals surface area contributed by atoms with Crippen LogP contribution >= 0.6 is 0 Å². The molecule has 0 aromatic rings. The molecule has 2 rings (SSSR count). The van der Waals surface area contributed by atoms with Gasteiger partial charge in [0.1, 0.15) is 0 Å². The van der Waals surface area contributed by atoms with Crippen molar-refractivity contribution in [3.8, 4) is 0 Å². The van der Waals surface area contributed by atoms with E-state index < -0.39 is 10.0 Å². The summed E-state index contributed by atoms with van der Waals surface area (Å²) < 4.78 is 26.7. The van der Waals surface area contributed by atoms with Crippen LogP contribution < -0.4 is 10.0 Å². The largest absolute Gasteiger partial charge is 0.314 e. The first-order chi connectivity index (χ1) is 8.05. The quantitative estimate of drug-likeness (QED) is 0.782. The van der Waals surface area contributed by atoms with Crippen molar-refractivity contribution in [1.82, 2.24) is 10.0 Å². The van der Waals surface area contributed by atoms with E-state index in [4.69, 9.17) is 0 Å². The van der Waals surface area contributed by atoms with Gasteiger partial charge in [0, 0.05) is 12.1 Å². The lowest BCUT2D eigenvalue weighted by atomic mass is 9.84. The molecule has 5 heteroatoms. The van der Waals surface area contributed by atoms with E-state index in [1.807, 2.05) is 0 Å². The first-order valence-electron chi connectivity index (χ1n) is 6.78. The van der Waals surface area contributed by atoms with Crippen LogP contribution in [0.2, 0.25) is 0 Å². The summed E-state index contributed by atoms with van der Waals surface area (Å²) in [4.78, 5) is 0. The molecule has 2 unspecified atom stereocenters. The highest BCUT2D eigenvalue weighted by atomic mass is 32.2. The summed E-state index contributed by atoms with van der Waals surface area (Å²) in [5, 5.41) is 3.33. The van der Waals surface area contributed by atoms with Crippen molar-refractivity contribution in [2.45, 2.75) is 57.5 Å². The van der Waals surface area contributed by atoms with Gasteiger partial charge in [-0.1, -0.05) is 19.3 Å². The molecule has 2 atom stereocenters. The Hall–Kier alpha value is -0.130. The summed E-state index contributed by atoms with van der Waals surface area (Å²) in [6, 6.07) is 0.556. The summed E-state index contributed by atoms with van der Waals surface area (Å²) >= 11 is 0. The van der Waals surface area contributed by atoms with E-state index >= 15 is 0 Å². The fourth-order valence-corrected chi connectivity index (χ4v) is 4.14. The molecule has 0 amide bonds. The average Bonchev–Trinajstić information content (AvgIpc) is 2.13. The van der Waals surface area contributed by atoms with Crippen LogP contribution in [0, 0.1) is 5.92 Å². The number of sulfonamides is 1. The van der Waals surface area contributed by atoms with Crippen molar-refractivity contribution in [2.24, 2.45) is 5.92 Å². The Labute approximate surface area is 105 Å². The van der Waals surface area contributed by atoms with E-state index in [2.05, 4.69) is 17.0 Å². The third-order valence-electron chi connectivity index (χ3n) is 3.99. The minimum Gasteiger partial charge on any atom is -0.314 e. The van der Waals surface area contributed by atoms with Crippen LogP contribution in [0.15, 0.2) is 0 Å². The van der Waals surface area contributed by atoms with Crippen molar-refractivity contribution in [2.75, 3.05) is 12.3 Å². The van der Waals surface area contributed by atoms with E-state index in [0.717, 1.165) is 25.8 Å². The Balaban J connectivity index is 1.75. The highest BCUT2D eigenvalue weighted by molar-refractivity contribution is 7.89. The summed E-state index contributed by atoms with van der Waals surface area (Å²) in [7, 11) is -3.05. The predicted molar refractivity (Wildman–Crippen MR) is 69.4 cm³/mol. The highest BCUT2D eigenvalue weighted by Gasteiger charge is 2.25. The number of hydrogen-bond donors (Lipinski definition) is 2. The molecule has 0 bridgehead atoms. The standard InChI is InChI=1S/C12H24N2O2S/c1-10-9-12(5-7-13-10)14-17(15,16)8-6-11-3-2-4-11/h10-14H,2-9H2,1H3. The van der Waals surface area contributed by atoms with E-state index in [9.17, 15) is 8.42 Å². The van der Waals surface area contributed by atoms with E-state index in [0.29, 0.717) is 17.7 Å². The molecule has 1 aliphatic heterocycles. The number of piperidine rings is 1. The molecular weight excluding hydrogens is 236 g/mol. The van der Waals surface area contributed by atoms with E-state index in [1.165, 1.54) is 19.3 Å². The van der Waals surface area contributed by atoms with Crippen LogP contribution in [0.5, 0.6) is 0 Å². The summed E-state index contributed by atoms with van der Waals surface area (Å²) in [5.74, 6) is 0.981. The van der Waals surface area contributed by atoms with Gasteiger partial charge in [-0.25, -0.2) is 13.1 Å². The Morgan fingerprint density at radius 2 is 2.06 bits per heavy atom.